The van der Waals surface area contributed by atoms with Gasteiger partial charge in [0.2, 0.25) is 5.88 Å². The van der Waals surface area contributed by atoms with Crippen LogP contribution in [0.5, 0.6) is 5.88 Å². The van der Waals surface area contributed by atoms with Crippen LogP contribution in [0.2, 0.25) is 0 Å². The Balaban J connectivity index is 2.49. The third kappa shape index (κ3) is 2.53. The number of rotatable bonds is 2. The summed E-state index contributed by atoms with van der Waals surface area (Å²) >= 11 is 4.58. The summed E-state index contributed by atoms with van der Waals surface area (Å²) < 4.78 is 0.0435. The van der Waals surface area contributed by atoms with Crippen molar-refractivity contribution in [1.29, 1.82) is 0 Å². The van der Waals surface area contributed by atoms with Crippen molar-refractivity contribution in [1.82, 2.24) is 9.97 Å². The van der Waals surface area contributed by atoms with Gasteiger partial charge in [-0.2, -0.15) is 4.98 Å². The summed E-state index contributed by atoms with van der Waals surface area (Å²) in [6.45, 7) is 0. The zero-order chi connectivity index (χ0) is 12.4. The van der Waals surface area contributed by atoms with E-state index in [4.69, 9.17) is 0 Å². The van der Waals surface area contributed by atoms with E-state index in [1.165, 1.54) is 0 Å². The molecule has 4 nitrogen and oxygen atoms in total. The minimum atomic E-state index is -0.401. The molecule has 0 aliphatic heterocycles. The van der Waals surface area contributed by atoms with Crippen LogP contribution >= 0.6 is 27.7 Å². The SMILES string of the molecule is CSc1ccc(-c2nc(O)c(Br)c(=O)[nH]2)cc1. The minimum absolute atomic E-state index is 0.0435. The van der Waals surface area contributed by atoms with E-state index in [0.29, 0.717) is 5.82 Å². The Morgan fingerprint density at radius 1 is 1.35 bits per heavy atom. The van der Waals surface area contributed by atoms with Crippen molar-refractivity contribution < 1.29 is 5.11 Å². The Morgan fingerprint density at radius 2 is 2.00 bits per heavy atom. The fourth-order valence-electron chi connectivity index (χ4n) is 1.33. The molecule has 0 bridgehead atoms. The van der Waals surface area contributed by atoms with Crippen molar-refractivity contribution >= 4 is 27.7 Å². The van der Waals surface area contributed by atoms with E-state index in [2.05, 4.69) is 25.9 Å². The van der Waals surface area contributed by atoms with E-state index in [9.17, 15) is 9.90 Å². The molecular weight excluding hydrogens is 304 g/mol. The maximum absolute atomic E-state index is 11.5. The number of nitrogens with zero attached hydrogens (tertiary/aromatic N) is 1. The molecule has 0 radical (unpaired) electrons. The number of benzene rings is 1. The summed E-state index contributed by atoms with van der Waals surface area (Å²) in [5.74, 6) is 0.0426. The van der Waals surface area contributed by atoms with E-state index in [0.717, 1.165) is 10.5 Å². The van der Waals surface area contributed by atoms with E-state index in [1.54, 1.807) is 11.8 Å². The summed E-state index contributed by atoms with van der Waals surface area (Å²) in [5, 5.41) is 9.46. The van der Waals surface area contributed by atoms with Gasteiger partial charge in [-0.25, -0.2) is 0 Å². The van der Waals surface area contributed by atoms with Gasteiger partial charge in [0.25, 0.3) is 5.56 Å². The van der Waals surface area contributed by atoms with Crippen molar-refractivity contribution in [2.24, 2.45) is 0 Å². The maximum Gasteiger partial charge on any atom is 0.269 e. The first-order valence-corrected chi connectivity index (χ1v) is 6.77. The number of aromatic hydroxyl groups is 1. The van der Waals surface area contributed by atoms with E-state index in [-0.39, 0.29) is 10.4 Å². The van der Waals surface area contributed by atoms with Gasteiger partial charge in [-0.1, -0.05) is 12.1 Å². The molecule has 2 aromatic rings. The Kier molecular flexibility index (Phi) is 3.54. The molecule has 2 N–H and O–H groups in total. The lowest BCUT2D eigenvalue weighted by Gasteiger charge is -2.03. The Morgan fingerprint density at radius 3 is 2.53 bits per heavy atom. The van der Waals surface area contributed by atoms with Gasteiger partial charge in [0.05, 0.1) is 0 Å². The Labute approximate surface area is 110 Å². The van der Waals surface area contributed by atoms with Gasteiger partial charge >= 0.3 is 0 Å². The van der Waals surface area contributed by atoms with Crippen LogP contribution in [-0.4, -0.2) is 21.3 Å². The smallest absolute Gasteiger partial charge is 0.269 e. The number of aromatic amines is 1. The molecule has 0 spiro atoms. The predicted octanol–water partition coefficient (Wildman–Crippen LogP) is 2.63. The average Bonchev–Trinajstić information content (AvgIpc) is 2.35. The molecule has 0 amide bonds. The zero-order valence-electron chi connectivity index (χ0n) is 8.90. The van der Waals surface area contributed by atoms with Gasteiger partial charge in [0.1, 0.15) is 10.3 Å². The van der Waals surface area contributed by atoms with Gasteiger partial charge in [-0.15, -0.1) is 11.8 Å². The Bertz CT molecular complexity index is 595. The fraction of sp³-hybridized carbons (Fsp3) is 0.0909. The van der Waals surface area contributed by atoms with Gasteiger partial charge in [-0.05, 0) is 34.3 Å². The average molecular weight is 313 g/mol. The largest absolute Gasteiger partial charge is 0.492 e. The van der Waals surface area contributed by atoms with Crippen molar-refractivity contribution in [2.75, 3.05) is 6.26 Å². The number of hydrogen-bond donors (Lipinski definition) is 2. The minimum Gasteiger partial charge on any atom is -0.492 e. The van der Waals surface area contributed by atoms with Gasteiger partial charge in [0, 0.05) is 10.5 Å². The Hall–Kier alpha value is -1.27. The second-order valence-corrected chi connectivity index (χ2v) is 4.95. The topological polar surface area (TPSA) is 66.0 Å². The van der Waals surface area contributed by atoms with Gasteiger partial charge in [-0.3, -0.25) is 4.79 Å². The molecule has 0 unspecified atom stereocenters. The van der Waals surface area contributed by atoms with E-state index < -0.39 is 5.56 Å². The lowest BCUT2D eigenvalue weighted by Crippen LogP contribution is -2.09. The molecule has 0 saturated heterocycles. The highest BCUT2D eigenvalue weighted by Crippen LogP contribution is 2.23. The third-order valence-corrected chi connectivity index (χ3v) is 3.67. The number of hydrogen-bond acceptors (Lipinski definition) is 4. The molecule has 0 atom stereocenters. The van der Waals surface area contributed by atoms with Crippen LogP contribution in [0.3, 0.4) is 0 Å². The van der Waals surface area contributed by atoms with Gasteiger partial charge < -0.3 is 10.1 Å². The van der Waals surface area contributed by atoms with Gasteiger partial charge in [0.15, 0.2) is 0 Å². The van der Waals surface area contributed by atoms with E-state index in [1.807, 2.05) is 30.5 Å². The summed E-state index contributed by atoms with van der Waals surface area (Å²) in [6, 6.07) is 7.55. The molecule has 1 heterocycles. The monoisotopic (exact) mass is 312 g/mol. The van der Waals surface area contributed by atoms with Crippen LogP contribution in [0.4, 0.5) is 0 Å². The van der Waals surface area contributed by atoms with Crippen LogP contribution in [0.25, 0.3) is 11.4 Å². The quantitative estimate of drug-likeness (QED) is 0.837. The molecular formula is C11H9BrN2O2S. The van der Waals surface area contributed by atoms with Crippen LogP contribution in [0, 0.1) is 0 Å². The number of halogens is 1. The molecule has 0 saturated carbocycles. The van der Waals surface area contributed by atoms with Crippen molar-refractivity contribution in [3.8, 4) is 17.3 Å². The number of aromatic nitrogens is 2. The van der Waals surface area contributed by atoms with Crippen molar-refractivity contribution in [3.63, 3.8) is 0 Å². The molecule has 17 heavy (non-hydrogen) atoms. The highest BCUT2D eigenvalue weighted by Gasteiger charge is 2.08. The summed E-state index contributed by atoms with van der Waals surface area (Å²) in [4.78, 5) is 19.1. The second-order valence-electron chi connectivity index (χ2n) is 3.28. The van der Waals surface area contributed by atoms with E-state index >= 15 is 0 Å². The first-order chi connectivity index (χ1) is 8.11. The number of H-pyrrole nitrogens is 1. The molecule has 6 heteroatoms. The fourth-order valence-corrected chi connectivity index (χ4v) is 1.93. The normalized spacial score (nSPS) is 10.5. The molecule has 1 aromatic carbocycles. The molecule has 88 valence electrons. The van der Waals surface area contributed by atoms with Crippen LogP contribution in [0.15, 0.2) is 38.4 Å². The van der Waals surface area contributed by atoms with Crippen molar-refractivity contribution in [3.05, 3.63) is 39.1 Å². The second kappa shape index (κ2) is 4.93. The van der Waals surface area contributed by atoms with Crippen LogP contribution in [-0.2, 0) is 0 Å². The summed E-state index contributed by atoms with van der Waals surface area (Å²) in [5.41, 5.74) is 0.351. The first-order valence-electron chi connectivity index (χ1n) is 4.75. The third-order valence-electron chi connectivity index (χ3n) is 2.21. The molecule has 0 aliphatic rings. The predicted molar refractivity (Wildman–Crippen MR) is 71.4 cm³/mol. The molecule has 2 rings (SSSR count). The summed E-state index contributed by atoms with van der Waals surface area (Å²) in [6.07, 6.45) is 1.99. The van der Waals surface area contributed by atoms with Crippen LogP contribution in [0.1, 0.15) is 0 Å². The zero-order valence-corrected chi connectivity index (χ0v) is 11.3. The lowest BCUT2D eigenvalue weighted by molar-refractivity contribution is 0.448. The molecule has 1 aromatic heterocycles. The summed E-state index contributed by atoms with van der Waals surface area (Å²) in [7, 11) is 0. The van der Waals surface area contributed by atoms with Crippen molar-refractivity contribution in [2.45, 2.75) is 4.90 Å². The number of nitrogens with one attached hydrogen (secondary N) is 1. The maximum atomic E-state index is 11.5. The highest BCUT2D eigenvalue weighted by molar-refractivity contribution is 9.10. The highest BCUT2D eigenvalue weighted by atomic mass is 79.9. The number of thioether (sulfide) groups is 1. The standard InChI is InChI=1S/C11H9BrN2O2S/c1-17-7-4-2-6(3-5-7)9-13-10(15)8(12)11(16)14-9/h2-5H,1H3,(H2,13,14,15,16). The first kappa shape index (κ1) is 12.2. The molecule has 0 aliphatic carbocycles. The van der Waals surface area contributed by atoms with Crippen LogP contribution < -0.4 is 5.56 Å². The molecule has 0 fully saturated rings. The lowest BCUT2D eigenvalue weighted by atomic mass is 10.2.